The van der Waals surface area contributed by atoms with Crippen LogP contribution < -0.4 is 21.3 Å². The topological polar surface area (TPSA) is 226 Å². The van der Waals surface area contributed by atoms with Gasteiger partial charge >= 0.3 is 0 Å². The smallest absolute Gasteiger partial charge is 0.241 e. The summed E-state index contributed by atoms with van der Waals surface area (Å²) >= 11 is 1.25. The van der Waals surface area contributed by atoms with Crippen LogP contribution in [0.1, 0.15) is 0 Å². The summed E-state index contributed by atoms with van der Waals surface area (Å²) in [4.78, 5) is 3.08. The third-order valence-electron chi connectivity index (χ3n) is 4.43. The van der Waals surface area contributed by atoms with Crippen LogP contribution >= 0.6 is 11.3 Å². The first-order chi connectivity index (χ1) is 15.1. The summed E-state index contributed by atoms with van der Waals surface area (Å²) in [5.41, 5.74) is 12.4. The Labute approximate surface area is 186 Å². The Morgan fingerprint density at radius 2 is 1.88 bits per heavy atom. The van der Waals surface area contributed by atoms with E-state index in [0.717, 1.165) is 10.8 Å². The van der Waals surface area contributed by atoms with Gasteiger partial charge in [-0.1, -0.05) is 29.5 Å². The summed E-state index contributed by atoms with van der Waals surface area (Å²) in [6.45, 7) is -0.101. The Bertz CT molecular complexity index is 1510. The van der Waals surface area contributed by atoms with Crippen molar-refractivity contribution < 1.29 is 16.8 Å². The number of aromatic amines is 1. The number of nitrogen functional groups attached to an aromatic ring is 1. The van der Waals surface area contributed by atoms with Crippen molar-refractivity contribution in [2.24, 2.45) is 10.9 Å². The molecule has 0 saturated heterocycles. The molecule has 0 unspecified atom stereocenters. The van der Waals surface area contributed by atoms with Crippen LogP contribution in [-0.4, -0.2) is 55.5 Å². The minimum absolute atomic E-state index is 0.00691. The summed E-state index contributed by atoms with van der Waals surface area (Å²) < 4.78 is 54.1. The predicted octanol–water partition coefficient (Wildman–Crippen LogP) is -0.390. The molecule has 0 spiro atoms. The van der Waals surface area contributed by atoms with Gasteiger partial charge in [0.15, 0.2) is 5.13 Å². The van der Waals surface area contributed by atoms with E-state index in [-0.39, 0.29) is 30.0 Å². The molecule has 4 rings (SSSR count). The first-order valence-corrected chi connectivity index (χ1v) is 12.8. The number of para-hydroxylation sites is 1. The highest BCUT2D eigenvalue weighted by Gasteiger charge is 2.32. The summed E-state index contributed by atoms with van der Waals surface area (Å²) in [6.07, 6.45) is 0. The zero-order chi connectivity index (χ0) is 23.1. The number of anilines is 1. The number of H-pyrrole nitrogens is 1. The molecule has 4 aromatic rings. The predicted molar refractivity (Wildman–Crippen MR) is 118 cm³/mol. The summed E-state index contributed by atoms with van der Waals surface area (Å²) in [6, 6.07) is 7.80. The fourth-order valence-corrected chi connectivity index (χ4v) is 6.63. The average Bonchev–Trinajstić information content (AvgIpc) is 3.39. The van der Waals surface area contributed by atoms with E-state index in [9.17, 15) is 16.8 Å². The molecule has 2 aromatic carbocycles. The van der Waals surface area contributed by atoms with Crippen LogP contribution in [0.2, 0.25) is 0 Å². The average molecular weight is 496 g/mol. The van der Waals surface area contributed by atoms with Gasteiger partial charge in [-0.25, -0.2) is 31.7 Å². The van der Waals surface area contributed by atoms with E-state index < -0.39 is 29.8 Å². The van der Waals surface area contributed by atoms with Crippen molar-refractivity contribution in [3.63, 3.8) is 0 Å². The number of nitrogens with zero attached hydrogens (tertiary/aromatic N) is 4. The van der Waals surface area contributed by atoms with Gasteiger partial charge in [-0.15, -0.1) is 10.2 Å². The number of nitrogens with one attached hydrogen (secondary N) is 2. The lowest BCUT2D eigenvalue weighted by Crippen LogP contribution is -2.31. The van der Waals surface area contributed by atoms with Gasteiger partial charge in [0, 0.05) is 18.7 Å². The van der Waals surface area contributed by atoms with Crippen molar-refractivity contribution in [3.8, 4) is 22.5 Å². The number of tetrazole rings is 1. The first kappa shape index (κ1) is 22.2. The normalized spacial score (nSPS) is 12.4. The van der Waals surface area contributed by atoms with Gasteiger partial charge in [0.05, 0.1) is 15.8 Å². The van der Waals surface area contributed by atoms with Gasteiger partial charge in [0.25, 0.3) is 0 Å². The maximum Gasteiger partial charge on any atom is 0.241 e. The number of nitrogens with two attached hydrogens (primary N) is 3. The molecule has 2 aromatic heterocycles. The van der Waals surface area contributed by atoms with Crippen molar-refractivity contribution in [1.29, 1.82) is 0 Å². The number of sulfonamides is 2. The van der Waals surface area contributed by atoms with Gasteiger partial charge in [-0.3, -0.25) is 0 Å². The number of primary sulfonamides is 1. The van der Waals surface area contributed by atoms with E-state index in [1.165, 1.54) is 17.4 Å². The van der Waals surface area contributed by atoms with E-state index >= 15 is 0 Å². The number of fused-ring (bicyclic) bond motifs is 1. The number of benzene rings is 2. The molecule has 13 nitrogen and oxygen atoms in total. The fourth-order valence-electron chi connectivity index (χ4n) is 3.23. The molecular formula is C16H17N9O4S3. The molecule has 168 valence electrons. The highest BCUT2D eigenvalue weighted by Crippen LogP contribution is 2.41. The molecule has 0 amide bonds. The molecule has 32 heavy (non-hydrogen) atoms. The van der Waals surface area contributed by atoms with Gasteiger partial charge < -0.3 is 11.5 Å². The van der Waals surface area contributed by atoms with E-state index in [2.05, 4.69) is 30.3 Å². The summed E-state index contributed by atoms with van der Waals surface area (Å²) in [7, 11) is -8.89. The van der Waals surface area contributed by atoms with Crippen molar-refractivity contribution >= 4 is 46.7 Å². The van der Waals surface area contributed by atoms with Gasteiger partial charge in [-0.2, -0.15) is 5.21 Å². The molecule has 0 aliphatic carbocycles. The molecule has 0 aliphatic rings. The minimum atomic E-state index is -4.59. The lowest BCUT2D eigenvalue weighted by atomic mass is 9.98. The van der Waals surface area contributed by atoms with Gasteiger partial charge in [-0.05, 0) is 22.9 Å². The number of aromatic nitrogens is 5. The van der Waals surface area contributed by atoms with Gasteiger partial charge in [0.2, 0.25) is 25.9 Å². The van der Waals surface area contributed by atoms with Crippen molar-refractivity contribution in [2.45, 2.75) is 9.79 Å². The molecule has 2 heterocycles. The first-order valence-electron chi connectivity index (χ1n) is 8.92. The molecule has 8 N–H and O–H groups in total. The highest BCUT2D eigenvalue weighted by molar-refractivity contribution is 7.92. The van der Waals surface area contributed by atoms with Crippen molar-refractivity contribution in [2.75, 3.05) is 18.8 Å². The molecule has 0 aliphatic heterocycles. The standard InChI is InChI=1S/C16H17N9O4S3/c17-6-7-20-32(28,29)11-5-4-8(9-2-1-3-10-13(9)21-16(18)30-10)12(14(11)31(19,26)27)15-22-24-25-23-15/h1-5,20H,6-7,17H2,(H2,18,21)(H2,19,26,27)(H,22,23,24,25). The highest BCUT2D eigenvalue weighted by atomic mass is 32.2. The number of rotatable bonds is 7. The summed E-state index contributed by atoms with van der Waals surface area (Å²) in [5, 5.41) is 19.3. The molecule has 0 bridgehead atoms. The fraction of sp³-hybridized carbons (Fsp3) is 0.125. The van der Waals surface area contributed by atoms with E-state index in [4.69, 9.17) is 16.6 Å². The minimum Gasteiger partial charge on any atom is -0.375 e. The Morgan fingerprint density at radius 3 is 2.53 bits per heavy atom. The lowest BCUT2D eigenvalue weighted by Gasteiger charge is -2.16. The van der Waals surface area contributed by atoms with E-state index in [1.807, 2.05) is 0 Å². The SMILES string of the molecule is NCCNS(=O)(=O)c1ccc(-c2cccc3sc(N)nc23)c(-c2nn[nH]n2)c1S(N)(=O)=O. The zero-order valence-electron chi connectivity index (χ0n) is 16.2. The Morgan fingerprint density at radius 1 is 1.09 bits per heavy atom. The zero-order valence-corrected chi connectivity index (χ0v) is 18.6. The second-order valence-corrected chi connectivity index (χ2v) is 10.8. The van der Waals surface area contributed by atoms with Crippen LogP contribution in [0.25, 0.3) is 32.7 Å². The van der Waals surface area contributed by atoms with Crippen LogP contribution in [0.3, 0.4) is 0 Å². The van der Waals surface area contributed by atoms with Crippen molar-refractivity contribution in [1.82, 2.24) is 30.3 Å². The number of thiazole rings is 1. The monoisotopic (exact) mass is 495 g/mol. The van der Waals surface area contributed by atoms with Gasteiger partial charge in [0.1, 0.15) is 9.79 Å². The van der Waals surface area contributed by atoms with E-state index in [1.54, 1.807) is 18.2 Å². The Kier molecular flexibility index (Phi) is 5.65. The maximum absolute atomic E-state index is 12.9. The Balaban J connectivity index is 2.14. The molecule has 0 radical (unpaired) electrons. The van der Waals surface area contributed by atoms with Crippen LogP contribution in [-0.2, 0) is 20.0 Å². The third kappa shape index (κ3) is 3.94. The maximum atomic E-state index is 12.9. The second-order valence-electron chi connectivity index (χ2n) is 6.49. The molecule has 0 saturated carbocycles. The van der Waals surface area contributed by atoms with Crippen LogP contribution in [0.15, 0.2) is 40.1 Å². The number of hydrogen-bond donors (Lipinski definition) is 5. The largest absolute Gasteiger partial charge is 0.375 e. The van der Waals surface area contributed by atoms with Crippen LogP contribution in [0.4, 0.5) is 5.13 Å². The summed E-state index contributed by atoms with van der Waals surface area (Å²) in [5.74, 6) is -0.167. The van der Waals surface area contributed by atoms with Crippen LogP contribution in [0.5, 0.6) is 0 Å². The molecular weight excluding hydrogens is 478 g/mol. The molecule has 16 heteroatoms. The van der Waals surface area contributed by atoms with Crippen LogP contribution in [0, 0.1) is 0 Å². The number of hydrogen-bond acceptors (Lipinski definition) is 11. The quantitative estimate of drug-likeness (QED) is 0.223. The molecule has 0 fully saturated rings. The second kappa shape index (κ2) is 8.15. The Hall–Kier alpha value is -3.02. The lowest BCUT2D eigenvalue weighted by molar-refractivity contribution is 0.574. The van der Waals surface area contributed by atoms with Crippen molar-refractivity contribution in [3.05, 3.63) is 30.3 Å². The molecule has 0 atom stereocenters. The van der Waals surface area contributed by atoms with E-state index in [0.29, 0.717) is 16.2 Å². The third-order valence-corrected chi connectivity index (χ3v) is 7.90.